The average molecular weight is 359 g/mol. The Kier molecular flexibility index (Phi) is 4.49. The molecule has 0 fully saturated rings. The molecular formula is C12H14IN3S. The number of rotatable bonds is 4. The van der Waals surface area contributed by atoms with Crippen LogP contribution < -0.4 is 11.3 Å². The molecule has 1 aromatic heterocycles. The number of halogens is 1. The highest BCUT2D eigenvalue weighted by atomic mass is 127. The van der Waals surface area contributed by atoms with Crippen LogP contribution in [0, 0.1) is 10.5 Å². The largest absolute Gasteiger partial charge is 0.271 e. The lowest BCUT2D eigenvalue weighted by atomic mass is 10.0. The van der Waals surface area contributed by atoms with Gasteiger partial charge in [0.05, 0.1) is 11.0 Å². The molecule has 0 aliphatic carbocycles. The van der Waals surface area contributed by atoms with Crippen LogP contribution in [0.1, 0.15) is 22.2 Å². The first-order valence-corrected chi connectivity index (χ1v) is 7.27. The van der Waals surface area contributed by atoms with Gasteiger partial charge in [-0.2, -0.15) is 0 Å². The van der Waals surface area contributed by atoms with Gasteiger partial charge in [0, 0.05) is 21.6 Å². The summed E-state index contributed by atoms with van der Waals surface area (Å²) < 4.78 is 1.27. The fourth-order valence-electron chi connectivity index (χ4n) is 1.73. The lowest BCUT2D eigenvalue weighted by Crippen LogP contribution is -2.30. The third kappa shape index (κ3) is 3.04. The zero-order chi connectivity index (χ0) is 12.3. The molecule has 0 radical (unpaired) electrons. The van der Waals surface area contributed by atoms with Crippen molar-refractivity contribution in [2.75, 3.05) is 0 Å². The van der Waals surface area contributed by atoms with E-state index in [9.17, 15) is 0 Å². The van der Waals surface area contributed by atoms with Gasteiger partial charge in [-0.05, 0) is 40.6 Å². The topological polar surface area (TPSA) is 50.9 Å². The second-order valence-corrected chi connectivity index (χ2v) is 5.89. The Morgan fingerprint density at radius 2 is 2.35 bits per heavy atom. The van der Waals surface area contributed by atoms with Crippen LogP contribution >= 0.6 is 33.9 Å². The van der Waals surface area contributed by atoms with Crippen LogP contribution in [0.4, 0.5) is 0 Å². The molecule has 3 N–H and O–H groups in total. The summed E-state index contributed by atoms with van der Waals surface area (Å²) in [5.41, 5.74) is 5.41. The van der Waals surface area contributed by atoms with Crippen LogP contribution in [0.15, 0.2) is 29.8 Å². The first kappa shape index (κ1) is 12.9. The van der Waals surface area contributed by atoms with E-state index in [0.29, 0.717) is 0 Å². The van der Waals surface area contributed by atoms with Gasteiger partial charge in [0.1, 0.15) is 0 Å². The maximum Gasteiger partial charge on any atom is 0.0944 e. The van der Waals surface area contributed by atoms with E-state index in [2.05, 4.69) is 58.1 Å². The van der Waals surface area contributed by atoms with Gasteiger partial charge < -0.3 is 0 Å². The molecule has 0 saturated heterocycles. The van der Waals surface area contributed by atoms with Gasteiger partial charge in [0.25, 0.3) is 0 Å². The van der Waals surface area contributed by atoms with Gasteiger partial charge in [-0.25, -0.2) is 4.98 Å². The van der Waals surface area contributed by atoms with Crippen LogP contribution in [-0.2, 0) is 6.42 Å². The number of nitrogens with one attached hydrogen (secondary N) is 1. The Morgan fingerprint density at radius 3 is 3.00 bits per heavy atom. The maximum absolute atomic E-state index is 5.66. The number of aromatic nitrogens is 1. The molecule has 1 unspecified atom stereocenters. The van der Waals surface area contributed by atoms with E-state index >= 15 is 0 Å². The highest BCUT2D eigenvalue weighted by Gasteiger charge is 2.15. The molecule has 1 atom stereocenters. The Hall–Kier alpha value is -0.500. The molecule has 1 aromatic carbocycles. The number of hydrogen-bond donors (Lipinski definition) is 2. The van der Waals surface area contributed by atoms with Crippen molar-refractivity contribution in [1.29, 1.82) is 0 Å². The summed E-state index contributed by atoms with van der Waals surface area (Å²) in [6.45, 7) is 2.11. The Balaban J connectivity index is 2.26. The first-order chi connectivity index (χ1) is 8.22. The molecule has 5 heteroatoms. The van der Waals surface area contributed by atoms with Gasteiger partial charge in [0.15, 0.2) is 0 Å². The van der Waals surface area contributed by atoms with Gasteiger partial charge in [0.2, 0.25) is 0 Å². The van der Waals surface area contributed by atoms with Crippen LogP contribution in [0.2, 0.25) is 0 Å². The summed E-state index contributed by atoms with van der Waals surface area (Å²) in [5.74, 6) is 5.66. The normalized spacial score (nSPS) is 12.6. The van der Waals surface area contributed by atoms with Crippen LogP contribution in [-0.4, -0.2) is 4.98 Å². The summed E-state index contributed by atoms with van der Waals surface area (Å²) >= 11 is 4.03. The molecule has 0 aliphatic rings. The molecule has 0 spiro atoms. The van der Waals surface area contributed by atoms with Crippen LogP contribution in [0.5, 0.6) is 0 Å². The number of hydrogen-bond acceptors (Lipinski definition) is 4. The molecule has 90 valence electrons. The standard InChI is InChI=1S/C12H14IN3S/c1-8-3-2-4-9(12(8)13)10(16-14)7-11-15-5-6-17-11/h2-6,10,16H,7,14H2,1H3. The molecular weight excluding hydrogens is 345 g/mol. The highest BCUT2D eigenvalue weighted by Crippen LogP contribution is 2.25. The van der Waals surface area contributed by atoms with Crippen molar-refractivity contribution in [3.63, 3.8) is 0 Å². The summed E-state index contributed by atoms with van der Waals surface area (Å²) in [7, 11) is 0. The molecule has 2 rings (SSSR count). The maximum atomic E-state index is 5.66. The van der Waals surface area contributed by atoms with E-state index in [1.54, 1.807) is 11.3 Å². The van der Waals surface area contributed by atoms with E-state index in [1.807, 2.05) is 11.6 Å². The number of thiazole rings is 1. The van der Waals surface area contributed by atoms with Crippen molar-refractivity contribution in [3.05, 3.63) is 49.5 Å². The van der Waals surface area contributed by atoms with Crippen molar-refractivity contribution >= 4 is 33.9 Å². The SMILES string of the molecule is Cc1cccc(C(Cc2nccs2)NN)c1I. The van der Waals surface area contributed by atoms with Crippen molar-refractivity contribution in [2.45, 2.75) is 19.4 Å². The van der Waals surface area contributed by atoms with E-state index < -0.39 is 0 Å². The molecule has 17 heavy (non-hydrogen) atoms. The second-order valence-electron chi connectivity index (χ2n) is 3.83. The monoisotopic (exact) mass is 359 g/mol. The quantitative estimate of drug-likeness (QED) is 0.502. The van der Waals surface area contributed by atoms with E-state index in [1.165, 1.54) is 14.7 Å². The van der Waals surface area contributed by atoms with Crippen molar-refractivity contribution in [1.82, 2.24) is 10.4 Å². The van der Waals surface area contributed by atoms with E-state index in [0.717, 1.165) is 11.4 Å². The van der Waals surface area contributed by atoms with Crippen molar-refractivity contribution < 1.29 is 0 Å². The number of nitrogens with two attached hydrogens (primary N) is 1. The minimum absolute atomic E-state index is 0.118. The predicted octanol–water partition coefficient (Wildman–Crippen LogP) is 2.80. The molecule has 3 nitrogen and oxygen atoms in total. The molecule has 2 aromatic rings. The van der Waals surface area contributed by atoms with Crippen molar-refractivity contribution in [3.8, 4) is 0 Å². The van der Waals surface area contributed by atoms with E-state index in [-0.39, 0.29) is 6.04 Å². The van der Waals surface area contributed by atoms with Gasteiger partial charge >= 0.3 is 0 Å². The number of nitrogens with zero attached hydrogens (tertiary/aromatic N) is 1. The Bertz CT molecular complexity index is 485. The predicted molar refractivity (Wildman–Crippen MR) is 79.8 cm³/mol. The van der Waals surface area contributed by atoms with Crippen molar-refractivity contribution in [2.24, 2.45) is 5.84 Å². The molecule has 1 heterocycles. The molecule has 0 saturated carbocycles. The van der Waals surface area contributed by atoms with Gasteiger partial charge in [-0.3, -0.25) is 11.3 Å². The smallest absolute Gasteiger partial charge is 0.0944 e. The summed E-state index contributed by atoms with van der Waals surface area (Å²) in [6.07, 6.45) is 2.66. The Morgan fingerprint density at radius 1 is 1.53 bits per heavy atom. The summed E-state index contributed by atoms with van der Waals surface area (Å²) in [4.78, 5) is 4.30. The highest BCUT2D eigenvalue weighted by molar-refractivity contribution is 14.1. The minimum atomic E-state index is 0.118. The summed E-state index contributed by atoms with van der Waals surface area (Å²) in [6, 6.07) is 6.42. The molecule has 0 aliphatic heterocycles. The average Bonchev–Trinajstić information content (AvgIpc) is 2.83. The second kappa shape index (κ2) is 5.90. The van der Waals surface area contributed by atoms with Gasteiger partial charge in [-0.15, -0.1) is 11.3 Å². The first-order valence-electron chi connectivity index (χ1n) is 5.32. The fraction of sp³-hybridized carbons (Fsp3) is 0.250. The number of hydrazine groups is 1. The zero-order valence-corrected chi connectivity index (χ0v) is 12.5. The Labute approximate surface area is 119 Å². The summed E-state index contributed by atoms with van der Waals surface area (Å²) in [5, 5.41) is 3.09. The van der Waals surface area contributed by atoms with Gasteiger partial charge in [-0.1, -0.05) is 18.2 Å². The van der Waals surface area contributed by atoms with Crippen LogP contribution in [0.3, 0.4) is 0 Å². The number of aryl methyl sites for hydroxylation is 1. The van der Waals surface area contributed by atoms with E-state index in [4.69, 9.17) is 5.84 Å². The van der Waals surface area contributed by atoms with Crippen LogP contribution in [0.25, 0.3) is 0 Å². The molecule has 0 bridgehead atoms. The lowest BCUT2D eigenvalue weighted by molar-refractivity contribution is 0.548. The lowest BCUT2D eigenvalue weighted by Gasteiger charge is -2.17. The molecule has 0 amide bonds. The zero-order valence-electron chi connectivity index (χ0n) is 9.48. The third-order valence-electron chi connectivity index (χ3n) is 2.66. The number of benzene rings is 1. The third-order valence-corrected chi connectivity index (χ3v) is 4.94. The fourth-order valence-corrected chi connectivity index (χ4v) is 3.13. The minimum Gasteiger partial charge on any atom is -0.271 e.